The van der Waals surface area contributed by atoms with Gasteiger partial charge in [0.15, 0.2) is 5.11 Å². The van der Waals surface area contributed by atoms with Crippen LogP contribution < -0.4 is 10.2 Å². The summed E-state index contributed by atoms with van der Waals surface area (Å²) in [4.78, 5) is 30.4. The number of nitrogens with zero attached hydrogens (tertiary/aromatic N) is 2. The predicted molar refractivity (Wildman–Crippen MR) is 124 cm³/mol. The highest BCUT2D eigenvalue weighted by atomic mass is 35.5. The van der Waals surface area contributed by atoms with Gasteiger partial charge in [-0.05, 0) is 79.3 Å². The second kappa shape index (κ2) is 10.7. The maximum Gasteiger partial charge on any atom is 0.338 e. The molecular weight excluding hydrogens is 434 g/mol. The minimum atomic E-state index is -0.397. The van der Waals surface area contributed by atoms with Crippen LogP contribution in [0.2, 0.25) is 5.02 Å². The molecular formula is C23H20ClN3O3S. The van der Waals surface area contributed by atoms with Crippen molar-refractivity contribution in [3.05, 3.63) is 94.8 Å². The third-order valence-electron chi connectivity index (χ3n) is 4.33. The average Bonchev–Trinajstić information content (AvgIpc) is 2.78. The van der Waals surface area contributed by atoms with E-state index >= 15 is 0 Å². The van der Waals surface area contributed by atoms with Crippen LogP contribution in [0, 0.1) is 0 Å². The lowest BCUT2D eigenvalue weighted by Gasteiger charge is -2.26. The minimum Gasteiger partial charge on any atom is -0.462 e. The minimum absolute atomic E-state index is 0.214. The molecule has 8 heteroatoms. The highest BCUT2D eigenvalue weighted by Crippen LogP contribution is 2.20. The van der Waals surface area contributed by atoms with E-state index in [-0.39, 0.29) is 11.0 Å². The number of anilines is 1. The van der Waals surface area contributed by atoms with Gasteiger partial charge in [-0.3, -0.25) is 15.1 Å². The normalized spacial score (nSPS) is 10.3. The van der Waals surface area contributed by atoms with Crippen LogP contribution in [-0.2, 0) is 11.3 Å². The first-order valence-corrected chi connectivity index (χ1v) is 10.3. The Morgan fingerprint density at radius 2 is 1.77 bits per heavy atom. The van der Waals surface area contributed by atoms with Crippen LogP contribution in [0.1, 0.15) is 33.2 Å². The van der Waals surface area contributed by atoms with Gasteiger partial charge in [0.25, 0.3) is 5.91 Å². The molecule has 0 radical (unpaired) electrons. The quantitative estimate of drug-likeness (QED) is 0.433. The molecule has 0 unspecified atom stereocenters. The third kappa shape index (κ3) is 6.10. The van der Waals surface area contributed by atoms with Crippen LogP contribution >= 0.6 is 23.8 Å². The molecule has 0 fully saturated rings. The molecule has 2 aromatic carbocycles. The fourth-order valence-electron chi connectivity index (χ4n) is 2.81. The second-order valence-corrected chi connectivity index (χ2v) is 7.30. The van der Waals surface area contributed by atoms with Gasteiger partial charge in [0.1, 0.15) is 0 Å². The van der Waals surface area contributed by atoms with Crippen molar-refractivity contribution in [1.29, 1.82) is 0 Å². The summed E-state index contributed by atoms with van der Waals surface area (Å²) < 4.78 is 5.03. The number of benzene rings is 2. The van der Waals surface area contributed by atoms with E-state index in [1.807, 2.05) is 12.1 Å². The van der Waals surface area contributed by atoms with Crippen molar-refractivity contribution in [3.63, 3.8) is 0 Å². The summed E-state index contributed by atoms with van der Waals surface area (Å²) in [5.41, 5.74) is 2.49. The van der Waals surface area contributed by atoms with Crippen molar-refractivity contribution < 1.29 is 14.3 Å². The van der Waals surface area contributed by atoms with Crippen LogP contribution in [0.3, 0.4) is 0 Å². The van der Waals surface area contributed by atoms with Gasteiger partial charge in [-0.2, -0.15) is 0 Å². The number of ether oxygens (including phenoxy) is 1. The number of pyridine rings is 1. The van der Waals surface area contributed by atoms with Crippen molar-refractivity contribution in [2.45, 2.75) is 13.5 Å². The number of hydrogen-bond acceptors (Lipinski definition) is 5. The van der Waals surface area contributed by atoms with Crippen molar-refractivity contribution in [2.24, 2.45) is 0 Å². The molecule has 0 spiro atoms. The molecule has 6 nitrogen and oxygen atoms in total. The molecule has 158 valence electrons. The summed E-state index contributed by atoms with van der Waals surface area (Å²) in [7, 11) is 0. The highest BCUT2D eigenvalue weighted by Gasteiger charge is 2.17. The maximum atomic E-state index is 12.7. The number of nitrogens with one attached hydrogen (secondary N) is 1. The molecule has 1 amide bonds. The number of thiocarbonyl (C=S) groups is 1. The number of aromatic nitrogens is 1. The van der Waals surface area contributed by atoms with E-state index in [0.29, 0.717) is 35.0 Å². The van der Waals surface area contributed by atoms with Crippen molar-refractivity contribution in [2.75, 3.05) is 11.5 Å². The highest BCUT2D eigenvalue weighted by molar-refractivity contribution is 7.80. The molecule has 0 aliphatic rings. The van der Waals surface area contributed by atoms with Crippen LogP contribution in [0.15, 0.2) is 73.1 Å². The molecule has 3 rings (SSSR count). The van der Waals surface area contributed by atoms with Crippen LogP contribution in [0.5, 0.6) is 0 Å². The first-order chi connectivity index (χ1) is 15.0. The summed E-state index contributed by atoms with van der Waals surface area (Å²) in [6.07, 6.45) is 3.37. The summed E-state index contributed by atoms with van der Waals surface area (Å²) in [6.45, 7) is 2.45. The van der Waals surface area contributed by atoms with Crippen molar-refractivity contribution in [1.82, 2.24) is 10.3 Å². The first kappa shape index (κ1) is 22.4. The summed E-state index contributed by atoms with van der Waals surface area (Å²) in [5, 5.41) is 3.43. The fourth-order valence-corrected chi connectivity index (χ4v) is 3.26. The topological polar surface area (TPSA) is 71.5 Å². The Labute approximate surface area is 190 Å². The van der Waals surface area contributed by atoms with Crippen LogP contribution in [-0.4, -0.2) is 28.6 Å². The Hall–Kier alpha value is -3.29. The standard InChI is InChI=1S/C23H20ClN3O3S/c1-2-30-22(29)17-6-8-20(9-7-17)27(15-16-10-12-25-13-11-16)23(31)26-21(28)18-4-3-5-19(24)14-18/h3-14H,2,15H2,1H3,(H,26,28,31). The Kier molecular flexibility index (Phi) is 7.70. The number of carbonyl (C=O) groups is 2. The largest absolute Gasteiger partial charge is 0.462 e. The molecule has 3 aromatic rings. The van der Waals surface area contributed by atoms with E-state index in [2.05, 4.69) is 10.3 Å². The van der Waals surface area contributed by atoms with Gasteiger partial charge in [0.2, 0.25) is 0 Å². The summed E-state index contributed by atoms with van der Waals surface area (Å²) >= 11 is 11.5. The maximum absolute atomic E-state index is 12.7. The molecule has 1 heterocycles. The summed E-state index contributed by atoms with van der Waals surface area (Å²) in [5.74, 6) is -0.762. The van der Waals surface area contributed by atoms with Crippen molar-refractivity contribution >= 4 is 46.5 Å². The molecule has 1 aromatic heterocycles. The Balaban J connectivity index is 1.84. The van der Waals surface area contributed by atoms with E-state index < -0.39 is 5.97 Å². The zero-order valence-corrected chi connectivity index (χ0v) is 18.3. The van der Waals surface area contributed by atoms with E-state index in [4.69, 9.17) is 28.6 Å². The zero-order chi connectivity index (χ0) is 22.2. The lowest BCUT2D eigenvalue weighted by atomic mass is 10.1. The second-order valence-electron chi connectivity index (χ2n) is 6.48. The SMILES string of the molecule is CCOC(=O)c1ccc(N(Cc2ccncc2)C(=S)NC(=O)c2cccc(Cl)c2)cc1. The smallest absolute Gasteiger partial charge is 0.338 e. The third-order valence-corrected chi connectivity index (χ3v) is 4.89. The molecule has 1 N–H and O–H groups in total. The molecule has 0 saturated heterocycles. The van der Waals surface area contributed by atoms with Gasteiger partial charge in [0.05, 0.1) is 18.7 Å². The van der Waals surface area contributed by atoms with Gasteiger partial charge >= 0.3 is 5.97 Å². The lowest BCUT2D eigenvalue weighted by molar-refractivity contribution is 0.0526. The monoisotopic (exact) mass is 453 g/mol. The van der Waals surface area contributed by atoms with Gasteiger partial charge in [-0.1, -0.05) is 17.7 Å². The Morgan fingerprint density at radius 1 is 1.06 bits per heavy atom. The van der Waals surface area contributed by atoms with Crippen LogP contribution in [0.25, 0.3) is 0 Å². The first-order valence-electron chi connectivity index (χ1n) is 9.52. The lowest BCUT2D eigenvalue weighted by Crippen LogP contribution is -2.42. The van der Waals surface area contributed by atoms with E-state index in [1.54, 1.807) is 72.7 Å². The van der Waals surface area contributed by atoms with Crippen molar-refractivity contribution in [3.8, 4) is 0 Å². The van der Waals surface area contributed by atoms with Gasteiger partial charge in [-0.15, -0.1) is 0 Å². The zero-order valence-electron chi connectivity index (χ0n) is 16.7. The van der Waals surface area contributed by atoms with Gasteiger partial charge < -0.3 is 9.64 Å². The molecule has 0 saturated carbocycles. The average molecular weight is 454 g/mol. The summed E-state index contributed by atoms with van der Waals surface area (Å²) in [6, 6.07) is 17.2. The van der Waals surface area contributed by atoms with E-state index in [9.17, 15) is 9.59 Å². The predicted octanol–water partition coefficient (Wildman–Crippen LogP) is 4.63. The number of amides is 1. The number of halogens is 1. The Morgan fingerprint density at radius 3 is 2.42 bits per heavy atom. The van der Waals surface area contributed by atoms with Gasteiger partial charge in [-0.25, -0.2) is 4.79 Å². The number of rotatable bonds is 6. The van der Waals surface area contributed by atoms with E-state index in [0.717, 1.165) is 5.56 Å². The fraction of sp³-hybridized carbons (Fsp3) is 0.130. The molecule has 0 atom stereocenters. The number of esters is 1. The molecule has 31 heavy (non-hydrogen) atoms. The molecule has 0 bridgehead atoms. The number of hydrogen-bond donors (Lipinski definition) is 1. The number of carbonyl (C=O) groups excluding carboxylic acids is 2. The van der Waals surface area contributed by atoms with E-state index in [1.165, 1.54) is 0 Å². The molecule has 0 aliphatic carbocycles. The van der Waals surface area contributed by atoms with Gasteiger partial charge in [0, 0.05) is 28.7 Å². The Bertz CT molecular complexity index is 1070. The van der Waals surface area contributed by atoms with Crippen LogP contribution in [0.4, 0.5) is 5.69 Å². The molecule has 0 aliphatic heterocycles.